The lowest BCUT2D eigenvalue weighted by Gasteiger charge is -2.25. The van der Waals surface area contributed by atoms with Gasteiger partial charge in [0.2, 0.25) is 5.91 Å². The molecular weight excluding hydrogens is 532 g/mol. The van der Waals surface area contributed by atoms with Gasteiger partial charge < -0.3 is 24.6 Å². The van der Waals surface area contributed by atoms with E-state index < -0.39 is 48.0 Å². The number of carboxylic acid groups (broad SMARTS) is 1. The molecule has 2 aromatic carbocycles. The average Bonchev–Trinajstić information content (AvgIpc) is 3.53. The molecule has 2 aliphatic rings. The third kappa shape index (κ3) is 6.56. The van der Waals surface area contributed by atoms with Crippen molar-refractivity contribution in [3.63, 3.8) is 0 Å². The number of esters is 2. The van der Waals surface area contributed by atoms with Crippen molar-refractivity contribution in [1.29, 1.82) is 0 Å². The monoisotopic (exact) mass is 564 g/mol. The highest BCUT2D eigenvalue weighted by molar-refractivity contribution is 5.97. The maximum atomic E-state index is 13.0. The Balaban J connectivity index is 1.29. The van der Waals surface area contributed by atoms with Gasteiger partial charge in [0, 0.05) is 25.4 Å². The summed E-state index contributed by atoms with van der Waals surface area (Å²) in [6.07, 6.45) is -0.647. The van der Waals surface area contributed by atoms with Crippen LogP contribution < -0.4 is 5.32 Å². The van der Waals surface area contributed by atoms with Crippen molar-refractivity contribution in [1.82, 2.24) is 10.2 Å². The average molecular weight is 565 g/mol. The first kappa shape index (κ1) is 29.3. The molecular formula is C30H32N2O9. The summed E-state index contributed by atoms with van der Waals surface area (Å²) in [6.45, 7) is 4.70. The number of nitrogens with zero attached hydrogens (tertiary/aromatic N) is 1. The number of carbonyl (C=O) groups is 5. The van der Waals surface area contributed by atoms with Gasteiger partial charge in [-0.1, -0.05) is 61.2 Å². The Labute approximate surface area is 237 Å². The SMILES string of the molecule is C=CCOC(=O)C(C)C(=O)NCCC(=O)OC1CCN(C(=O)OCC2c3ccccc3-c3ccccc32)[C@@H]1C(=O)O. The third-order valence-corrected chi connectivity index (χ3v) is 7.17. The van der Waals surface area contributed by atoms with Crippen molar-refractivity contribution in [3.05, 3.63) is 72.3 Å². The number of aliphatic carboxylic acids is 1. The molecule has 2 unspecified atom stereocenters. The van der Waals surface area contributed by atoms with Crippen molar-refractivity contribution >= 4 is 29.9 Å². The molecule has 1 fully saturated rings. The van der Waals surface area contributed by atoms with Crippen LogP contribution in [0.25, 0.3) is 11.1 Å². The first-order valence-corrected chi connectivity index (χ1v) is 13.3. The molecule has 11 heteroatoms. The Bertz CT molecular complexity index is 1300. The lowest BCUT2D eigenvalue weighted by atomic mass is 9.98. The molecule has 0 aromatic heterocycles. The highest BCUT2D eigenvalue weighted by Gasteiger charge is 2.45. The quantitative estimate of drug-likeness (QED) is 0.182. The van der Waals surface area contributed by atoms with E-state index in [4.69, 9.17) is 14.2 Å². The molecule has 3 atom stereocenters. The predicted octanol–water partition coefficient (Wildman–Crippen LogP) is 2.88. The number of ether oxygens (including phenoxy) is 3. The van der Waals surface area contributed by atoms with E-state index in [1.165, 1.54) is 13.0 Å². The number of rotatable bonds is 11. The van der Waals surface area contributed by atoms with Crippen LogP contribution in [0.1, 0.15) is 36.8 Å². The molecule has 0 bridgehead atoms. The van der Waals surface area contributed by atoms with Gasteiger partial charge in [0.25, 0.3) is 0 Å². The Morgan fingerprint density at radius 3 is 2.29 bits per heavy atom. The van der Waals surface area contributed by atoms with Crippen LogP contribution >= 0.6 is 0 Å². The van der Waals surface area contributed by atoms with Gasteiger partial charge in [-0.05, 0) is 29.2 Å². The van der Waals surface area contributed by atoms with Gasteiger partial charge in [-0.25, -0.2) is 9.59 Å². The van der Waals surface area contributed by atoms with Crippen LogP contribution in [0.2, 0.25) is 0 Å². The fraction of sp³-hybridized carbons (Fsp3) is 0.367. The molecule has 2 amide bonds. The van der Waals surface area contributed by atoms with E-state index in [-0.39, 0.29) is 45.1 Å². The maximum Gasteiger partial charge on any atom is 0.410 e. The molecule has 1 aliphatic heterocycles. The third-order valence-electron chi connectivity index (χ3n) is 7.17. The number of amides is 2. The first-order chi connectivity index (χ1) is 19.7. The predicted molar refractivity (Wildman–Crippen MR) is 146 cm³/mol. The number of carbonyl (C=O) groups excluding carboxylic acids is 4. The van der Waals surface area contributed by atoms with Crippen LogP contribution in [0.15, 0.2) is 61.2 Å². The van der Waals surface area contributed by atoms with Gasteiger partial charge in [0.05, 0.1) is 6.42 Å². The number of carboxylic acids is 1. The van der Waals surface area contributed by atoms with E-state index in [1.54, 1.807) is 0 Å². The van der Waals surface area contributed by atoms with Crippen molar-refractivity contribution in [2.24, 2.45) is 5.92 Å². The van der Waals surface area contributed by atoms with Crippen LogP contribution in [0.5, 0.6) is 0 Å². The number of benzene rings is 2. The van der Waals surface area contributed by atoms with Crippen molar-refractivity contribution < 1.29 is 43.3 Å². The summed E-state index contributed by atoms with van der Waals surface area (Å²) in [5.74, 6) is -4.70. The van der Waals surface area contributed by atoms with Gasteiger partial charge in [-0.2, -0.15) is 0 Å². The van der Waals surface area contributed by atoms with Crippen molar-refractivity contribution in [2.45, 2.75) is 37.8 Å². The van der Waals surface area contributed by atoms with Crippen LogP contribution in [0.3, 0.4) is 0 Å². The highest BCUT2D eigenvalue weighted by Crippen LogP contribution is 2.44. The fourth-order valence-electron chi connectivity index (χ4n) is 5.10. The summed E-state index contributed by atoms with van der Waals surface area (Å²) in [7, 11) is 0. The largest absolute Gasteiger partial charge is 0.480 e. The molecule has 11 nitrogen and oxygen atoms in total. The Kier molecular flexibility index (Phi) is 9.38. The number of hydrogen-bond donors (Lipinski definition) is 2. The second-order valence-corrected chi connectivity index (χ2v) is 9.78. The molecule has 0 spiro atoms. The van der Waals surface area contributed by atoms with E-state index in [2.05, 4.69) is 11.9 Å². The van der Waals surface area contributed by atoms with Gasteiger partial charge in [-0.15, -0.1) is 0 Å². The Morgan fingerprint density at radius 2 is 1.68 bits per heavy atom. The molecule has 2 aromatic rings. The number of nitrogens with one attached hydrogen (secondary N) is 1. The number of fused-ring (bicyclic) bond motifs is 3. The van der Waals surface area contributed by atoms with Crippen molar-refractivity contribution in [2.75, 3.05) is 26.3 Å². The molecule has 0 radical (unpaired) electrons. The Hall–Kier alpha value is -4.67. The minimum Gasteiger partial charge on any atom is -0.480 e. The highest BCUT2D eigenvalue weighted by atomic mass is 16.6. The van der Waals surface area contributed by atoms with Crippen LogP contribution in [-0.4, -0.2) is 78.4 Å². The zero-order chi connectivity index (χ0) is 29.5. The lowest BCUT2D eigenvalue weighted by Crippen LogP contribution is -2.46. The smallest absolute Gasteiger partial charge is 0.410 e. The summed E-state index contributed by atoms with van der Waals surface area (Å²) < 4.78 is 15.8. The van der Waals surface area contributed by atoms with Crippen LogP contribution in [0.4, 0.5) is 4.79 Å². The molecule has 1 aliphatic carbocycles. The normalized spacial score (nSPS) is 18.0. The first-order valence-electron chi connectivity index (χ1n) is 13.3. The molecule has 1 heterocycles. The zero-order valence-corrected chi connectivity index (χ0v) is 22.6. The van der Waals surface area contributed by atoms with Crippen molar-refractivity contribution in [3.8, 4) is 11.1 Å². The molecule has 216 valence electrons. The zero-order valence-electron chi connectivity index (χ0n) is 22.6. The summed E-state index contributed by atoms with van der Waals surface area (Å²) in [6, 6.07) is 14.3. The fourth-order valence-corrected chi connectivity index (χ4v) is 5.10. The second-order valence-electron chi connectivity index (χ2n) is 9.78. The van der Waals surface area contributed by atoms with Gasteiger partial charge >= 0.3 is 24.0 Å². The number of hydrogen-bond acceptors (Lipinski definition) is 8. The van der Waals surface area contributed by atoms with Gasteiger partial charge in [0.15, 0.2) is 6.04 Å². The lowest BCUT2D eigenvalue weighted by molar-refractivity contribution is -0.155. The minimum atomic E-state index is -1.41. The molecule has 1 saturated heterocycles. The molecule has 2 N–H and O–H groups in total. The topological polar surface area (TPSA) is 149 Å². The van der Waals surface area contributed by atoms with E-state index in [0.29, 0.717) is 0 Å². The molecule has 41 heavy (non-hydrogen) atoms. The second kappa shape index (κ2) is 13.1. The maximum absolute atomic E-state index is 13.0. The van der Waals surface area contributed by atoms with E-state index in [0.717, 1.165) is 27.2 Å². The molecule has 4 rings (SSSR count). The van der Waals surface area contributed by atoms with Gasteiger partial charge in [0.1, 0.15) is 25.2 Å². The standard InChI is InChI=1S/C30H32N2O9/c1-3-16-39-29(37)18(2)27(34)31-14-12-25(33)41-24-13-15-32(26(24)28(35)36)30(38)40-17-23-21-10-6-4-8-19(21)20-9-5-7-11-22(20)23/h3-11,18,23-24,26H,1,12-17H2,2H3,(H,31,34)(H,35,36)/t18?,24?,26-/m0/s1. The minimum absolute atomic E-state index is 0.0258. The van der Waals surface area contributed by atoms with Crippen LogP contribution in [-0.2, 0) is 33.4 Å². The summed E-state index contributed by atoms with van der Waals surface area (Å²) in [5.41, 5.74) is 4.19. The Morgan fingerprint density at radius 1 is 1.05 bits per heavy atom. The number of likely N-dealkylation sites (tertiary alicyclic amines) is 1. The van der Waals surface area contributed by atoms with Crippen LogP contribution in [0, 0.1) is 5.92 Å². The molecule has 0 saturated carbocycles. The van der Waals surface area contributed by atoms with E-state index in [9.17, 15) is 29.1 Å². The van der Waals surface area contributed by atoms with Gasteiger partial charge in [-0.3, -0.25) is 19.3 Å². The van der Waals surface area contributed by atoms with E-state index >= 15 is 0 Å². The summed E-state index contributed by atoms with van der Waals surface area (Å²) in [4.78, 5) is 62.4. The van der Waals surface area contributed by atoms with E-state index in [1.807, 2.05) is 48.5 Å². The summed E-state index contributed by atoms with van der Waals surface area (Å²) >= 11 is 0. The summed E-state index contributed by atoms with van der Waals surface area (Å²) in [5, 5.41) is 12.3.